The third-order valence-corrected chi connectivity index (χ3v) is 3.11. The molecule has 2 aliphatic heterocycles. The number of nitrogens with zero attached hydrogens (tertiary/aromatic N) is 1. The van der Waals surface area contributed by atoms with Gasteiger partial charge in [0.1, 0.15) is 0 Å². The number of likely N-dealkylation sites (N-methyl/N-ethyl adjacent to an activating group) is 1. The minimum Gasteiger partial charge on any atom is -0.372 e. The van der Waals surface area contributed by atoms with Crippen molar-refractivity contribution in [1.29, 1.82) is 0 Å². The molecule has 1 spiro atoms. The lowest BCUT2D eigenvalue weighted by molar-refractivity contribution is -0.0769. The maximum Gasteiger partial charge on any atom is 0.0970 e. The first-order chi connectivity index (χ1) is 5.73. The summed E-state index contributed by atoms with van der Waals surface area (Å²) in [5.74, 6) is 0. The van der Waals surface area contributed by atoms with Crippen LogP contribution in [-0.4, -0.2) is 43.3 Å². The van der Waals surface area contributed by atoms with Crippen molar-refractivity contribution in [1.82, 2.24) is 4.90 Å². The van der Waals surface area contributed by atoms with Crippen LogP contribution in [0.25, 0.3) is 0 Å². The largest absolute Gasteiger partial charge is 0.372 e. The van der Waals surface area contributed by atoms with E-state index in [9.17, 15) is 0 Å². The quantitative estimate of drug-likeness (QED) is 0.564. The molecular weight excluding hydrogens is 152 g/mol. The van der Waals surface area contributed by atoms with Crippen LogP contribution in [0, 0.1) is 0 Å². The number of likely N-dealkylation sites (tertiary alicyclic amines) is 1. The number of ether oxygens (including phenoxy) is 1. The summed E-state index contributed by atoms with van der Waals surface area (Å²) in [6, 6.07) is 0.225. The van der Waals surface area contributed by atoms with Crippen molar-refractivity contribution in [3.05, 3.63) is 0 Å². The van der Waals surface area contributed by atoms with E-state index in [0.29, 0.717) is 0 Å². The predicted octanol–water partition coefficient (Wildman–Crippen LogP) is 0.198. The Hall–Kier alpha value is -0.120. The van der Waals surface area contributed by atoms with Gasteiger partial charge in [0.15, 0.2) is 0 Å². The fourth-order valence-corrected chi connectivity index (χ4v) is 2.43. The van der Waals surface area contributed by atoms with E-state index in [1.807, 2.05) is 0 Å². The highest BCUT2D eigenvalue weighted by molar-refractivity contribution is 5.01. The zero-order valence-corrected chi connectivity index (χ0v) is 7.75. The molecule has 2 rings (SSSR count). The second-order valence-electron chi connectivity index (χ2n) is 4.17. The predicted molar refractivity (Wildman–Crippen MR) is 48.0 cm³/mol. The van der Waals surface area contributed by atoms with E-state index in [1.165, 1.54) is 12.8 Å². The summed E-state index contributed by atoms with van der Waals surface area (Å²) in [6.07, 6.45) is 3.64. The highest BCUT2D eigenvalue weighted by Gasteiger charge is 2.45. The number of hydrogen-bond donors (Lipinski definition) is 1. The summed E-state index contributed by atoms with van der Waals surface area (Å²) >= 11 is 0. The van der Waals surface area contributed by atoms with Crippen LogP contribution in [0.4, 0.5) is 0 Å². The molecule has 2 saturated heterocycles. The maximum absolute atomic E-state index is 6.07. The van der Waals surface area contributed by atoms with Gasteiger partial charge in [-0.3, -0.25) is 0 Å². The normalized spacial score (nSPS) is 44.0. The van der Waals surface area contributed by atoms with E-state index in [4.69, 9.17) is 10.5 Å². The molecular formula is C9H18N2O. The summed E-state index contributed by atoms with van der Waals surface area (Å²) in [5.41, 5.74) is 6.08. The van der Waals surface area contributed by atoms with E-state index >= 15 is 0 Å². The van der Waals surface area contributed by atoms with Gasteiger partial charge < -0.3 is 15.4 Å². The number of nitrogens with two attached hydrogens (primary N) is 1. The molecule has 2 N–H and O–H groups in total. The fraction of sp³-hybridized carbons (Fsp3) is 1.00. The Morgan fingerprint density at radius 1 is 1.50 bits per heavy atom. The van der Waals surface area contributed by atoms with Crippen LogP contribution in [0.3, 0.4) is 0 Å². The van der Waals surface area contributed by atoms with Crippen molar-refractivity contribution in [3.63, 3.8) is 0 Å². The SMILES string of the molecule is CN1CC(N)C2(CCCCO2)C1. The van der Waals surface area contributed by atoms with Gasteiger partial charge in [-0.2, -0.15) is 0 Å². The van der Waals surface area contributed by atoms with Gasteiger partial charge in [-0.25, -0.2) is 0 Å². The average molecular weight is 170 g/mol. The van der Waals surface area contributed by atoms with Gasteiger partial charge in [0, 0.05) is 25.7 Å². The fourth-order valence-electron chi connectivity index (χ4n) is 2.43. The minimum absolute atomic E-state index is 0.00694. The van der Waals surface area contributed by atoms with Crippen molar-refractivity contribution in [3.8, 4) is 0 Å². The Kier molecular flexibility index (Phi) is 2.10. The Morgan fingerprint density at radius 3 is 2.83 bits per heavy atom. The van der Waals surface area contributed by atoms with Crippen molar-refractivity contribution < 1.29 is 4.74 Å². The molecule has 3 nitrogen and oxygen atoms in total. The first kappa shape index (κ1) is 8.48. The van der Waals surface area contributed by atoms with E-state index in [2.05, 4.69) is 11.9 Å². The van der Waals surface area contributed by atoms with Gasteiger partial charge in [0.05, 0.1) is 5.60 Å². The summed E-state index contributed by atoms with van der Waals surface area (Å²) in [6.45, 7) is 2.91. The standard InChI is InChI=1S/C9H18N2O/c1-11-6-8(10)9(7-11)4-2-3-5-12-9/h8H,2-7,10H2,1H3. The van der Waals surface area contributed by atoms with Gasteiger partial charge in [-0.1, -0.05) is 0 Å². The van der Waals surface area contributed by atoms with Crippen LogP contribution in [0.1, 0.15) is 19.3 Å². The molecule has 0 aliphatic carbocycles. The molecule has 70 valence electrons. The minimum atomic E-state index is 0.00694. The molecule has 0 bridgehead atoms. The highest BCUT2D eigenvalue weighted by Crippen LogP contribution is 2.32. The zero-order valence-electron chi connectivity index (χ0n) is 7.75. The second kappa shape index (κ2) is 2.98. The molecule has 0 amide bonds. The molecule has 2 fully saturated rings. The molecule has 0 radical (unpaired) electrons. The van der Waals surface area contributed by atoms with Crippen molar-refractivity contribution in [2.45, 2.75) is 30.9 Å². The topological polar surface area (TPSA) is 38.5 Å². The Labute approximate surface area is 73.9 Å². The van der Waals surface area contributed by atoms with Gasteiger partial charge >= 0.3 is 0 Å². The third kappa shape index (κ3) is 1.26. The van der Waals surface area contributed by atoms with E-state index in [0.717, 1.165) is 26.1 Å². The average Bonchev–Trinajstić information content (AvgIpc) is 2.29. The number of hydrogen-bond acceptors (Lipinski definition) is 3. The summed E-state index contributed by atoms with van der Waals surface area (Å²) < 4.78 is 5.84. The van der Waals surface area contributed by atoms with Gasteiger partial charge in [0.2, 0.25) is 0 Å². The Morgan fingerprint density at radius 2 is 2.33 bits per heavy atom. The van der Waals surface area contributed by atoms with E-state index < -0.39 is 0 Å². The highest BCUT2D eigenvalue weighted by atomic mass is 16.5. The summed E-state index contributed by atoms with van der Waals surface area (Å²) in [5, 5.41) is 0. The molecule has 2 aliphatic rings. The van der Waals surface area contributed by atoms with Crippen LogP contribution in [0.5, 0.6) is 0 Å². The first-order valence-electron chi connectivity index (χ1n) is 4.81. The Bertz CT molecular complexity index is 166. The van der Waals surface area contributed by atoms with Crippen molar-refractivity contribution in [2.75, 3.05) is 26.7 Å². The molecule has 12 heavy (non-hydrogen) atoms. The van der Waals surface area contributed by atoms with E-state index in [1.54, 1.807) is 0 Å². The third-order valence-electron chi connectivity index (χ3n) is 3.11. The summed E-state index contributed by atoms with van der Waals surface area (Å²) in [4.78, 5) is 2.27. The van der Waals surface area contributed by atoms with Crippen LogP contribution in [-0.2, 0) is 4.74 Å². The molecule has 2 heterocycles. The molecule has 0 aromatic rings. The molecule has 0 saturated carbocycles. The monoisotopic (exact) mass is 170 g/mol. The molecule has 0 aromatic heterocycles. The van der Waals surface area contributed by atoms with Gasteiger partial charge in [-0.05, 0) is 26.3 Å². The number of rotatable bonds is 0. The Balaban J connectivity index is 2.08. The first-order valence-corrected chi connectivity index (χ1v) is 4.81. The van der Waals surface area contributed by atoms with Gasteiger partial charge in [0.25, 0.3) is 0 Å². The lowest BCUT2D eigenvalue weighted by atomic mass is 9.90. The molecule has 3 heteroatoms. The molecule has 2 atom stereocenters. The van der Waals surface area contributed by atoms with Crippen molar-refractivity contribution >= 4 is 0 Å². The van der Waals surface area contributed by atoms with Crippen LogP contribution in [0.15, 0.2) is 0 Å². The van der Waals surface area contributed by atoms with Crippen molar-refractivity contribution in [2.24, 2.45) is 5.73 Å². The lowest BCUT2D eigenvalue weighted by Crippen LogP contribution is -2.51. The summed E-state index contributed by atoms with van der Waals surface area (Å²) in [7, 11) is 2.12. The van der Waals surface area contributed by atoms with Crippen LogP contribution in [0.2, 0.25) is 0 Å². The molecule has 0 aromatic carbocycles. The second-order valence-corrected chi connectivity index (χ2v) is 4.17. The van der Waals surface area contributed by atoms with Crippen LogP contribution < -0.4 is 5.73 Å². The van der Waals surface area contributed by atoms with Gasteiger partial charge in [-0.15, -0.1) is 0 Å². The lowest BCUT2D eigenvalue weighted by Gasteiger charge is -2.36. The van der Waals surface area contributed by atoms with Crippen LogP contribution >= 0.6 is 0 Å². The van der Waals surface area contributed by atoms with E-state index in [-0.39, 0.29) is 11.6 Å². The maximum atomic E-state index is 6.07. The smallest absolute Gasteiger partial charge is 0.0970 e. The zero-order chi connectivity index (χ0) is 8.60. The molecule has 2 unspecified atom stereocenters.